The van der Waals surface area contributed by atoms with Gasteiger partial charge in [-0.3, -0.25) is 4.52 Å². The number of hydrogen-bond acceptors (Lipinski definition) is 3. The maximum absolute atomic E-state index is 10.1. The first-order valence-electron chi connectivity index (χ1n) is 7.64. The van der Waals surface area contributed by atoms with Crippen LogP contribution in [0.15, 0.2) is 12.1 Å². The molecule has 0 spiro atoms. The average Bonchev–Trinajstić information content (AvgIpc) is 2.28. The van der Waals surface area contributed by atoms with Crippen LogP contribution < -0.4 is 0 Å². The van der Waals surface area contributed by atoms with Crippen LogP contribution in [-0.2, 0) is 19.9 Å². The summed E-state index contributed by atoms with van der Waals surface area (Å²) in [5.41, 5.74) is 3.40. The standard InChI is InChI=1S/C15H24O.C2H7O4P/c1-10-8-11(14(2,3)4)9-12(13(10)16)15(5,6)7;1-2-6-7(3,4)5/h8-9,16H,1-7H3;2H2,1H3,(H2,3,4,5). The summed E-state index contributed by atoms with van der Waals surface area (Å²) in [5.74, 6) is 0.445. The van der Waals surface area contributed by atoms with Crippen LogP contribution in [0.5, 0.6) is 5.75 Å². The first-order chi connectivity index (χ1) is 10.1. The molecule has 0 atom stereocenters. The van der Waals surface area contributed by atoms with Crippen LogP contribution >= 0.6 is 7.82 Å². The van der Waals surface area contributed by atoms with Crippen LogP contribution in [0.3, 0.4) is 0 Å². The maximum atomic E-state index is 10.1. The van der Waals surface area contributed by atoms with Gasteiger partial charge in [-0.05, 0) is 41.4 Å². The van der Waals surface area contributed by atoms with Gasteiger partial charge >= 0.3 is 7.82 Å². The van der Waals surface area contributed by atoms with Gasteiger partial charge in [0.15, 0.2) is 0 Å². The Balaban J connectivity index is 0.000000585. The molecule has 6 heteroatoms. The van der Waals surface area contributed by atoms with Gasteiger partial charge in [0.25, 0.3) is 0 Å². The largest absolute Gasteiger partial charge is 0.507 e. The van der Waals surface area contributed by atoms with Crippen LogP contribution in [0.4, 0.5) is 0 Å². The van der Waals surface area contributed by atoms with Crippen LogP contribution in [0.25, 0.3) is 0 Å². The summed E-state index contributed by atoms with van der Waals surface area (Å²) >= 11 is 0. The van der Waals surface area contributed by atoms with E-state index in [0.29, 0.717) is 5.75 Å². The van der Waals surface area contributed by atoms with Gasteiger partial charge in [0.1, 0.15) is 5.75 Å². The highest BCUT2D eigenvalue weighted by Crippen LogP contribution is 2.37. The highest BCUT2D eigenvalue weighted by Gasteiger charge is 2.23. The molecule has 0 heterocycles. The van der Waals surface area contributed by atoms with Gasteiger partial charge in [-0.1, -0.05) is 53.7 Å². The second-order valence-corrected chi connectivity index (χ2v) is 8.84. The molecular weight excluding hydrogens is 315 g/mol. The lowest BCUT2D eigenvalue weighted by Crippen LogP contribution is -2.17. The second-order valence-electron chi connectivity index (χ2n) is 7.60. The quantitative estimate of drug-likeness (QED) is 0.690. The van der Waals surface area contributed by atoms with E-state index in [1.165, 1.54) is 12.5 Å². The molecule has 0 saturated heterocycles. The number of phenols is 1. The first kappa shape index (κ1) is 22.1. The van der Waals surface area contributed by atoms with Crippen molar-refractivity contribution in [3.05, 3.63) is 28.8 Å². The SMILES string of the molecule is CCOP(=O)(O)O.Cc1cc(C(C)(C)C)cc(C(C)(C)C)c1O. The van der Waals surface area contributed by atoms with E-state index < -0.39 is 7.82 Å². The molecule has 0 amide bonds. The third-order valence-corrected chi connectivity index (χ3v) is 3.87. The Hall–Kier alpha value is -0.870. The summed E-state index contributed by atoms with van der Waals surface area (Å²) in [7, 11) is -4.17. The maximum Gasteiger partial charge on any atom is 0.469 e. The fourth-order valence-electron chi connectivity index (χ4n) is 1.95. The smallest absolute Gasteiger partial charge is 0.469 e. The molecular formula is C17H31O5P. The molecule has 0 unspecified atom stereocenters. The summed E-state index contributed by atoms with van der Waals surface area (Å²) < 4.78 is 13.6. The zero-order chi connectivity index (χ0) is 18.6. The zero-order valence-electron chi connectivity index (χ0n) is 15.5. The summed E-state index contributed by atoms with van der Waals surface area (Å²) in [4.78, 5) is 15.8. The van der Waals surface area contributed by atoms with E-state index in [9.17, 15) is 9.67 Å². The number of phosphoric ester groups is 1. The number of aryl methyl sites for hydroxylation is 1. The predicted octanol–water partition coefficient (Wildman–Crippen LogP) is 4.41. The molecule has 1 rings (SSSR count). The van der Waals surface area contributed by atoms with Gasteiger partial charge in [0.05, 0.1) is 6.61 Å². The van der Waals surface area contributed by atoms with E-state index >= 15 is 0 Å². The second kappa shape index (κ2) is 7.80. The van der Waals surface area contributed by atoms with Crippen LogP contribution in [0, 0.1) is 6.92 Å². The fraction of sp³-hybridized carbons (Fsp3) is 0.647. The molecule has 0 aliphatic carbocycles. The lowest BCUT2D eigenvalue weighted by atomic mass is 9.79. The molecule has 0 bridgehead atoms. The number of phenolic OH excluding ortho intramolecular Hbond substituents is 1. The molecule has 5 nitrogen and oxygen atoms in total. The van der Waals surface area contributed by atoms with Gasteiger partial charge in [-0.15, -0.1) is 0 Å². The molecule has 1 aromatic rings. The van der Waals surface area contributed by atoms with Crippen molar-refractivity contribution in [2.24, 2.45) is 0 Å². The third kappa shape index (κ3) is 7.98. The Kier molecular flexibility index (Phi) is 7.51. The molecule has 0 aliphatic heterocycles. The summed E-state index contributed by atoms with van der Waals surface area (Å²) in [6.07, 6.45) is 0. The number of rotatable bonds is 2. The number of benzene rings is 1. The summed E-state index contributed by atoms with van der Waals surface area (Å²) in [5, 5.41) is 10.1. The van der Waals surface area contributed by atoms with Crippen molar-refractivity contribution in [2.75, 3.05) is 6.61 Å². The monoisotopic (exact) mass is 346 g/mol. The number of phosphoric acid groups is 1. The molecule has 0 radical (unpaired) electrons. The van der Waals surface area contributed by atoms with Crippen molar-refractivity contribution in [3.8, 4) is 5.75 Å². The van der Waals surface area contributed by atoms with Gasteiger partial charge in [-0.25, -0.2) is 4.57 Å². The third-order valence-electron chi connectivity index (χ3n) is 3.27. The molecule has 0 aromatic heterocycles. The van der Waals surface area contributed by atoms with Gasteiger partial charge in [-0.2, -0.15) is 0 Å². The van der Waals surface area contributed by atoms with Crippen molar-refractivity contribution in [3.63, 3.8) is 0 Å². The molecule has 134 valence electrons. The topological polar surface area (TPSA) is 87.0 Å². The van der Waals surface area contributed by atoms with Crippen LogP contribution in [0.1, 0.15) is 65.2 Å². The number of hydrogen-bond donors (Lipinski definition) is 3. The minimum absolute atomic E-state index is 0.0178. The number of aromatic hydroxyl groups is 1. The lowest BCUT2D eigenvalue weighted by molar-refractivity contribution is 0.206. The van der Waals surface area contributed by atoms with E-state index in [0.717, 1.165) is 11.1 Å². The summed E-state index contributed by atoms with van der Waals surface area (Å²) in [6.45, 7) is 16.5. The van der Waals surface area contributed by atoms with Crippen molar-refractivity contribution in [1.82, 2.24) is 0 Å². The Labute approximate surface area is 139 Å². The Bertz CT molecular complexity index is 562. The normalized spacial score (nSPS) is 12.6. The lowest BCUT2D eigenvalue weighted by Gasteiger charge is -2.26. The van der Waals surface area contributed by atoms with Gasteiger partial charge < -0.3 is 14.9 Å². The average molecular weight is 346 g/mol. The zero-order valence-corrected chi connectivity index (χ0v) is 16.4. The first-order valence-corrected chi connectivity index (χ1v) is 9.17. The summed E-state index contributed by atoms with van der Waals surface area (Å²) in [6, 6.07) is 4.23. The molecule has 1 aromatic carbocycles. The van der Waals surface area contributed by atoms with Crippen molar-refractivity contribution in [2.45, 2.75) is 66.2 Å². The van der Waals surface area contributed by atoms with E-state index in [2.05, 4.69) is 58.2 Å². The van der Waals surface area contributed by atoms with Crippen molar-refractivity contribution < 1.29 is 24.0 Å². The van der Waals surface area contributed by atoms with Crippen molar-refractivity contribution >= 4 is 7.82 Å². The van der Waals surface area contributed by atoms with Gasteiger partial charge in [0, 0.05) is 0 Å². The van der Waals surface area contributed by atoms with E-state index in [4.69, 9.17) is 9.79 Å². The molecule has 23 heavy (non-hydrogen) atoms. The molecule has 0 aliphatic rings. The Morgan fingerprint density at radius 2 is 1.52 bits per heavy atom. The Morgan fingerprint density at radius 3 is 1.78 bits per heavy atom. The van der Waals surface area contributed by atoms with Gasteiger partial charge in [0.2, 0.25) is 0 Å². The van der Waals surface area contributed by atoms with E-state index in [1.54, 1.807) is 0 Å². The van der Waals surface area contributed by atoms with E-state index in [-0.39, 0.29) is 17.4 Å². The van der Waals surface area contributed by atoms with E-state index in [1.807, 2.05) is 6.92 Å². The fourth-order valence-corrected chi connectivity index (χ4v) is 2.29. The van der Waals surface area contributed by atoms with Crippen LogP contribution in [0.2, 0.25) is 0 Å². The molecule has 0 fully saturated rings. The molecule has 0 saturated carbocycles. The highest BCUT2D eigenvalue weighted by atomic mass is 31.2. The predicted molar refractivity (Wildman–Crippen MR) is 93.9 cm³/mol. The minimum Gasteiger partial charge on any atom is -0.507 e. The Morgan fingerprint density at radius 1 is 1.04 bits per heavy atom. The minimum atomic E-state index is -4.17. The van der Waals surface area contributed by atoms with Crippen molar-refractivity contribution in [1.29, 1.82) is 0 Å². The van der Waals surface area contributed by atoms with Crippen LogP contribution in [-0.4, -0.2) is 21.5 Å². The molecule has 3 N–H and O–H groups in total. The highest BCUT2D eigenvalue weighted by molar-refractivity contribution is 7.46.